The number of H-pyrrole nitrogens is 1. The summed E-state index contributed by atoms with van der Waals surface area (Å²) in [5, 5.41) is 16.7. The van der Waals surface area contributed by atoms with Gasteiger partial charge in [0.25, 0.3) is 0 Å². The molecular formula is C22H36N8O7. The first kappa shape index (κ1) is 31.0. The molecule has 0 saturated carbocycles. The van der Waals surface area contributed by atoms with Crippen LogP contribution in [0.4, 0.5) is 0 Å². The molecule has 0 fully saturated rings. The molecule has 0 saturated heterocycles. The molecule has 0 aliphatic heterocycles. The van der Waals surface area contributed by atoms with Gasteiger partial charge in [0.1, 0.15) is 18.1 Å². The number of hydrogen-bond acceptors (Lipinski definition) is 8. The van der Waals surface area contributed by atoms with Gasteiger partial charge in [0.05, 0.1) is 12.4 Å². The molecular weight excluding hydrogens is 488 g/mol. The van der Waals surface area contributed by atoms with E-state index >= 15 is 0 Å². The minimum absolute atomic E-state index is 0.107. The monoisotopic (exact) mass is 524 g/mol. The number of aromatic nitrogens is 2. The Labute approximate surface area is 213 Å². The molecule has 15 nitrogen and oxygen atoms in total. The van der Waals surface area contributed by atoms with Crippen molar-refractivity contribution in [1.82, 2.24) is 25.9 Å². The van der Waals surface area contributed by atoms with Gasteiger partial charge in [-0.3, -0.25) is 24.0 Å². The molecule has 15 heteroatoms. The first-order valence-corrected chi connectivity index (χ1v) is 11.8. The summed E-state index contributed by atoms with van der Waals surface area (Å²) in [5.74, 6) is -5.51. The molecule has 0 aliphatic rings. The van der Waals surface area contributed by atoms with Crippen LogP contribution in [-0.2, 0) is 35.2 Å². The average Bonchev–Trinajstić information content (AvgIpc) is 3.34. The molecule has 1 aromatic rings. The summed E-state index contributed by atoms with van der Waals surface area (Å²) in [5.41, 5.74) is 16.8. The quantitative estimate of drug-likeness (QED) is 0.106. The van der Waals surface area contributed by atoms with Crippen LogP contribution < -0.4 is 33.2 Å². The molecule has 0 spiro atoms. The number of carboxylic acid groups (broad SMARTS) is 1. The van der Waals surface area contributed by atoms with Crippen LogP contribution in [0.1, 0.15) is 51.6 Å². The highest BCUT2D eigenvalue weighted by Crippen LogP contribution is 2.11. The molecule has 206 valence electrons. The number of carboxylic acids is 1. The average molecular weight is 525 g/mol. The van der Waals surface area contributed by atoms with Gasteiger partial charge in [-0.15, -0.1) is 0 Å². The van der Waals surface area contributed by atoms with Crippen LogP contribution in [0.3, 0.4) is 0 Å². The minimum Gasteiger partial charge on any atom is -0.480 e. The van der Waals surface area contributed by atoms with Crippen molar-refractivity contribution in [3.05, 3.63) is 18.2 Å². The van der Waals surface area contributed by atoms with Crippen LogP contribution in [0.5, 0.6) is 0 Å². The zero-order chi connectivity index (χ0) is 28.1. The molecule has 0 aliphatic carbocycles. The van der Waals surface area contributed by atoms with E-state index in [-0.39, 0.29) is 32.1 Å². The van der Waals surface area contributed by atoms with Gasteiger partial charge in [-0.25, -0.2) is 9.78 Å². The van der Waals surface area contributed by atoms with E-state index in [9.17, 15) is 33.9 Å². The number of carbonyl (C=O) groups is 6. The Morgan fingerprint density at radius 3 is 2.00 bits per heavy atom. The van der Waals surface area contributed by atoms with E-state index in [2.05, 4.69) is 25.9 Å². The third kappa shape index (κ3) is 11.1. The van der Waals surface area contributed by atoms with Gasteiger partial charge >= 0.3 is 5.97 Å². The molecule has 0 radical (unpaired) electrons. The molecule has 0 bridgehead atoms. The number of nitrogens with two attached hydrogens (primary N) is 3. The second-order valence-electron chi connectivity index (χ2n) is 8.73. The van der Waals surface area contributed by atoms with Gasteiger partial charge in [0, 0.05) is 31.2 Å². The second-order valence-corrected chi connectivity index (χ2v) is 8.73. The van der Waals surface area contributed by atoms with Crippen LogP contribution in [-0.4, -0.2) is 74.7 Å². The molecule has 5 atom stereocenters. The number of aromatic amines is 1. The molecule has 5 amide bonds. The van der Waals surface area contributed by atoms with Crippen LogP contribution in [0.2, 0.25) is 0 Å². The van der Waals surface area contributed by atoms with E-state index < -0.39 is 65.6 Å². The summed E-state index contributed by atoms with van der Waals surface area (Å²) in [7, 11) is 0. The molecule has 11 N–H and O–H groups in total. The summed E-state index contributed by atoms with van der Waals surface area (Å²) < 4.78 is 0. The predicted octanol–water partition coefficient (Wildman–Crippen LogP) is -2.60. The van der Waals surface area contributed by atoms with Gasteiger partial charge in [-0.05, 0) is 18.8 Å². The summed E-state index contributed by atoms with van der Waals surface area (Å²) in [6, 6.07) is -4.88. The van der Waals surface area contributed by atoms with Gasteiger partial charge in [0.2, 0.25) is 29.5 Å². The van der Waals surface area contributed by atoms with Crippen molar-refractivity contribution in [3.63, 3.8) is 0 Å². The van der Waals surface area contributed by atoms with E-state index in [4.69, 9.17) is 17.2 Å². The van der Waals surface area contributed by atoms with Crippen molar-refractivity contribution in [3.8, 4) is 0 Å². The lowest BCUT2D eigenvalue weighted by Gasteiger charge is -2.28. The highest BCUT2D eigenvalue weighted by molar-refractivity contribution is 5.94. The summed E-state index contributed by atoms with van der Waals surface area (Å²) in [4.78, 5) is 79.2. The third-order valence-electron chi connectivity index (χ3n) is 5.73. The summed E-state index contributed by atoms with van der Waals surface area (Å²) in [6.45, 7) is 3.43. The van der Waals surface area contributed by atoms with E-state index in [1.54, 1.807) is 13.8 Å². The van der Waals surface area contributed by atoms with Gasteiger partial charge in [-0.2, -0.15) is 0 Å². The first-order valence-electron chi connectivity index (χ1n) is 11.8. The summed E-state index contributed by atoms with van der Waals surface area (Å²) in [6.07, 6.45) is 2.57. The van der Waals surface area contributed by atoms with E-state index in [1.807, 2.05) is 0 Å². The van der Waals surface area contributed by atoms with Crippen LogP contribution in [0.15, 0.2) is 12.5 Å². The van der Waals surface area contributed by atoms with Gasteiger partial charge in [0.15, 0.2) is 0 Å². The Balaban J connectivity index is 3.00. The smallest absolute Gasteiger partial charge is 0.326 e. The Morgan fingerprint density at radius 1 is 0.946 bits per heavy atom. The Bertz CT molecular complexity index is 953. The zero-order valence-electron chi connectivity index (χ0n) is 20.9. The molecule has 0 aromatic carbocycles. The molecule has 1 aromatic heterocycles. The number of nitrogens with zero attached hydrogens (tertiary/aromatic N) is 1. The highest BCUT2D eigenvalue weighted by Gasteiger charge is 2.33. The largest absolute Gasteiger partial charge is 0.480 e. The zero-order valence-corrected chi connectivity index (χ0v) is 20.9. The SMILES string of the molecule is CCC(C)C(NC(=O)C(CCC(N)=O)NC(=O)C(N)Cc1cnc[nH]1)C(=O)NC(CCC(N)=O)C(=O)O. The van der Waals surface area contributed by atoms with E-state index in [1.165, 1.54) is 12.5 Å². The highest BCUT2D eigenvalue weighted by atomic mass is 16.4. The standard InChI is InChI=1S/C22H36N8O7/c1-3-11(2)18(21(35)29-15(22(36)37)5-7-17(25)32)30-20(34)14(4-6-16(24)31)28-19(33)13(23)8-12-9-26-10-27-12/h9-11,13-15,18H,3-8,23H2,1-2H3,(H2,24,31)(H2,25,32)(H,26,27)(H,28,33)(H,29,35)(H,30,34)(H,36,37). The number of carbonyl (C=O) groups excluding carboxylic acids is 5. The predicted molar refractivity (Wildman–Crippen MR) is 130 cm³/mol. The maximum atomic E-state index is 13.1. The van der Waals surface area contributed by atoms with Crippen molar-refractivity contribution >= 4 is 35.5 Å². The fourth-order valence-electron chi connectivity index (χ4n) is 3.32. The second kappa shape index (κ2) is 15.2. The van der Waals surface area contributed by atoms with Gasteiger partial charge < -0.3 is 43.2 Å². The van der Waals surface area contributed by atoms with Crippen LogP contribution >= 0.6 is 0 Å². The topological polar surface area (TPSA) is 265 Å². The van der Waals surface area contributed by atoms with E-state index in [0.29, 0.717) is 12.1 Å². The van der Waals surface area contributed by atoms with Crippen molar-refractivity contribution in [1.29, 1.82) is 0 Å². The van der Waals surface area contributed by atoms with Crippen molar-refractivity contribution in [2.24, 2.45) is 23.1 Å². The fraction of sp³-hybridized carbons (Fsp3) is 0.591. The fourth-order valence-corrected chi connectivity index (χ4v) is 3.32. The molecule has 1 rings (SSSR count). The minimum atomic E-state index is -1.41. The van der Waals surface area contributed by atoms with Crippen molar-refractivity contribution in [2.45, 2.75) is 76.5 Å². The normalized spacial score (nSPS) is 14.9. The lowest BCUT2D eigenvalue weighted by Crippen LogP contribution is -2.59. The van der Waals surface area contributed by atoms with Crippen LogP contribution in [0, 0.1) is 5.92 Å². The number of hydrogen-bond donors (Lipinski definition) is 8. The Hall–Kier alpha value is -4.01. The van der Waals surface area contributed by atoms with Gasteiger partial charge in [-0.1, -0.05) is 20.3 Å². The molecule has 1 heterocycles. The van der Waals surface area contributed by atoms with Crippen molar-refractivity contribution < 1.29 is 33.9 Å². The summed E-state index contributed by atoms with van der Waals surface area (Å²) >= 11 is 0. The first-order chi connectivity index (χ1) is 17.3. The number of aliphatic carboxylic acids is 1. The maximum absolute atomic E-state index is 13.1. The number of primary amides is 2. The lowest BCUT2D eigenvalue weighted by molar-refractivity contribution is -0.143. The Morgan fingerprint density at radius 2 is 1.51 bits per heavy atom. The third-order valence-corrected chi connectivity index (χ3v) is 5.73. The molecule has 37 heavy (non-hydrogen) atoms. The number of nitrogens with one attached hydrogen (secondary N) is 4. The van der Waals surface area contributed by atoms with Crippen molar-refractivity contribution in [2.75, 3.05) is 0 Å². The number of imidazole rings is 1. The van der Waals surface area contributed by atoms with E-state index in [0.717, 1.165) is 0 Å². The number of rotatable bonds is 17. The number of amides is 5. The van der Waals surface area contributed by atoms with Crippen LogP contribution in [0.25, 0.3) is 0 Å². The molecule has 5 unspecified atom stereocenters. The maximum Gasteiger partial charge on any atom is 0.326 e. The Kier molecular flexibility index (Phi) is 12.7. The lowest BCUT2D eigenvalue weighted by atomic mass is 9.96.